The molecule has 1 amide bonds. The molecule has 0 radical (unpaired) electrons. The van der Waals surface area contributed by atoms with Crippen LogP contribution in [0.25, 0.3) is 0 Å². The van der Waals surface area contributed by atoms with Crippen LogP contribution in [0.4, 0.5) is 5.69 Å². The normalized spacial score (nSPS) is 18.5. The van der Waals surface area contributed by atoms with Crippen LogP contribution in [-0.4, -0.2) is 56.2 Å². The van der Waals surface area contributed by atoms with Crippen molar-refractivity contribution in [3.05, 3.63) is 30.3 Å². The van der Waals surface area contributed by atoms with Gasteiger partial charge in [0.25, 0.3) is 0 Å². The fraction of sp³-hybridized carbons (Fsp3) is 0.588. The molecule has 5 nitrogen and oxygen atoms in total. The molecule has 1 aliphatic rings. The van der Waals surface area contributed by atoms with Gasteiger partial charge in [-0.05, 0) is 44.5 Å². The van der Waals surface area contributed by atoms with E-state index in [1.165, 1.54) is 6.42 Å². The second-order valence-corrected chi connectivity index (χ2v) is 5.69. The number of methoxy groups -OCH3 is 1. The Morgan fingerprint density at radius 2 is 2.09 bits per heavy atom. The summed E-state index contributed by atoms with van der Waals surface area (Å²) in [5, 5.41) is 0. The lowest BCUT2D eigenvalue weighted by Crippen LogP contribution is -2.40. The first-order chi connectivity index (χ1) is 10.2. The number of para-hydroxylation sites is 1. The first-order valence-corrected chi connectivity index (χ1v) is 7.77. The van der Waals surface area contributed by atoms with Crippen molar-refractivity contribution in [1.82, 2.24) is 4.90 Å². The van der Waals surface area contributed by atoms with Crippen LogP contribution in [0.5, 0.6) is 0 Å². The monoisotopic (exact) mass is 308 g/mol. The highest BCUT2D eigenvalue weighted by atomic mass is 16.5. The van der Waals surface area contributed by atoms with E-state index in [9.17, 15) is 4.79 Å². The fourth-order valence-corrected chi connectivity index (χ4v) is 2.83. The van der Waals surface area contributed by atoms with Gasteiger partial charge in [0.1, 0.15) is 0 Å². The van der Waals surface area contributed by atoms with Crippen LogP contribution in [0.3, 0.4) is 0 Å². The van der Waals surface area contributed by atoms with E-state index in [2.05, 4.69) is 4.90 Å². The minimum atomic E-state index is 0. The maximum Gasteiger partial charge on any atom is 0.226 e. The van der Waals surface area contributed by atoms with Gasteiger partial charge in [0.2, 0.25) is 5.91 Å². The Hall–Kier alpha value is -1.43. The van der Waals surface area contributed by atoms with Crippen molar-refractivity contribution in [1.29, 1.82) is 0 Å². The Kier molecular flexibility index (Phi) is 8.09. The third-order valence-electron chi connectivity index (χ3n) is 4.18. The zero-order chi connectivity index (χ0) is 15.1. The smallest absolute Gasteiger partial charge is 0.226 e. The zero-order valence-corrected chi connectivity index (χ0v) is 13.6. The van der Waals surface area contributed by atoms with E-state index in [4.69, 9.17) is 4.74 Å². The number of piperidine rings is 1. The third-order valence-corrected chi connectivity index (χ3v) is 4.18. The lowest BCUT2D eigenvalue weighted by molar-refractivity contribution is -0.118. The first-order valence-electron chi connectivity index (χ1n) is 7.77. The Bertz CT molecular complexity index is 439. The van der Waals surface area contributed by atoms with Crippen LogP contribution >= 0.6 is 0 Å². The number of anilines is 1. The molecule has 1 aromatic rings. The van der Waals surface area contributed by atoms with Crippen LogP contribution < -0.4 is 4.90 Å². The molecule has 124 valence electrons. The maximum absolute atomic E-state index is 12.2. The van der Waals surface area contributed by atoms with Gasteiger partial charge >= 0.3 is 0 Å². The number of amides is 1. The Morgan fingerprint density at radius 1 is 1.36 bits per heavy atom. The van der Waals surface area contributed by atoms with Crippen LogP contribution in [0, 0.1) is 0 Å². The summed E-state index contributed by atoms with van der Waals surface area (Å²) in [6.45, 7) is 3.11. The molecule has 2 rings (SSSR count). The fourth-order valence-electron chi connectivity index (χ4n) is 2.83. The molecule has 1 aliphatic heterocycles. The summed E-state index contributed by atoms with van der Waals surface area (Å²) in [5.74, 6) is 0.182. The maximum atomic E-state index is 12.2. The van der Waals surface area contributed by atoms with Gasteiger partial charge in [-0.3, -0.25) is 4.79 Å². The minimum absolute atomic E-state index is 0. The minimum Gasteiger partial charge on any atom is -0.412 e. The van der Waals surface area contributed by atoms with Crippen molar-refractivity contribution in [2.75, 3.05) is 38.7 Å². The van der Waals surface area contributed by atoms with Gasteiger partial charge in [0, 0.05) is 32.8 Å². The van der Waals surface area contributed by atoms with Crippen LogP contribution in [0.2, 0.25) is 0 Å². The second kappa shape index (κ2) is 9.56. The molecule has 2 N–H and O–H groups in total. The average molecular weight is 308 g/mol. The lowest BCUT2D eigenvalue weighted by atomic mass is 10.1. The van der Waals surface area contributed by atoms with E-state index in [0.717, 1.165) is 38.2 Å². The number of ether oxygens (including phenoxy) is 1. The molecule has 1 fully saturated rings. The summed E-state index contributed by atoms with van der Waals surface area (Å²) in [7, 11) is 3.63. The number of carbonyl (C=O) groups is 1. The van der Waals surface area contributed by atoms with Gasteiger partial charge < -0.3 is 20.0 Å². The molecule has 0 spiro atoms. The molecular weight excluding hydrogens is 280 g/mol. The van der Waals surface area contributed by atoms with E-state index in [1.807, 2.05) is 37.4 Å². The van der Waals surface area contributed by atoms with Gasteiger partial charge in [-0.25, -0.2) is 0 Å². The number of benzene rings is 1. The summed E-state index contributed by atoms with van der Waals surface area (Å²) >= 11 is 0. The van der Waals surface area contributed by atoms with Crippen molar-refractivity contribution in [2.24, 2.45) is 0 Å². The molecule has 1 heterocycles. The van der Waals surface area contributed by atoms with Crippen LogP contribution in [-0.2, 0) is 9.53 Å². The zero-order valence-electron chi connectivity index (χ0n) is 13.6. The molecule has 22 heavy (non-hydrogen) atoms. The number of hydrogen-bond acceptors (Lipinski definition) is 3. The molecule has 1 atom stereocenters. The number of hydrogen-bond donors (Lipinski definition) is 0. The van der Waals surface area contributed by atoms with E-state index in [0.29, 0.717) is 12.5 Å². The van der Waals surface area contributed by atoms with E-state index in [-0.39, 0.29) is 11.4 Å². The highest BCUT2D eigenvalue weighted by Crippen LogP contribution is 2.15. The SMILES string of the molecule is COC1CCCN(CCCC(=O)N(C)c2ccccc2)C1.O. The summed E-state index contributed by atoms with van der Waals surface area (Å²) < 4.78 is 5.43. The molecule has 1 aromatic carbocycles. The van der Waals surface area contributed by atoms with Crippen molar-refractivity contribution >= 4 is 11.6 Å². The predicted octanol–water partition coefficient (Wildman–Crippen LogP) is 1.72. The van der Waals surface area contributed by atoms with Gasteiger partial charge in [0.05, 0.1) is 6.10 Å². The summed E-state index contributed by atoms with van der Waals surface area (Å²) in [6.07, 6.45) is 4.21. The van der Waals surface area contributed by atoms with Crippen molar-refractivity contribution in [3.63, 3.8) is 0 Å². The van der Waals surface area contributed by atoms with E-state index in [1.54, 1.807) is 12.0 Å². The first kappa shape index (κ1) is 18.6. The lowest BCUT2D eigenvalue weighted by Gasteiger charge is -2.31. The molecule has 0 aliphatic carbocycles. The standard InChI is InChI=1S/C17H26N2O2.H2O/c1-18(15-8-4-3-5-9-15)17(20)11-7-13-19-12-6-10-16(14-19)21-2;/h3-5,8-9,16H,6-7,10-14H2,1-2H3;1H2. The molecule has 1 unspecified atom stereocenters. The molecule has 0 bridgehead atoms. The molecule has 5 heteroatoms. The van der Waals surface area contributed by atoms with E-state index < -0.39 is 0 Å². The van der Waals surface area contributed by atoms with Crippen LogP contribution in [0.15, 0.2) is 30.3 Å². The Labute approximate surface area is 133 Å². The largest absolute Gasteiger partial charge is 0.412 e. The number of likely N-dealkylation sites (tertiary alicyclic amines) is 1. The summed E-state index contributed by atoms with van der Waals surface area (Å²) in [5.41, 5.74) is 0.958. The summed E-state index contributed by atoms with van der Waals surface area (Å²) in [6, 6.07) is 9.80. The Balaban J connectivity index is 0.00000242. The van der Waals surface area contributed by atoms with Crippen molar-refractivity contribution in [3.8, 4) is 0 Å². The Morgan fingerprint density at radius 3 is 2.77 bits per heavy atom. The van der Waals surface area contributed by atoms with E-state index >= 15 is 0 Å². The molecule has 0 saturated carbocycles. The summed E-state index contributed by atoms with van der Waals surface area (Å²) in [4.78, 5) is 16.3. The number of carbonyl (C=O) groups excluding carboxylic acids is 1. The van der Waals surface area contributed by atoms with Gasteiger partial charge in [-0.15, -0.1) is 0 Å². The molecule has 0 aromatic heterocycles. The topological polar surface area (TPSA) is 64.3 Å². The predicted molar refractivity (Wildman–Crippen MR) is 89.2 cm³/mol. The van der Waals surface area contributed by atoms with Crippen LogP contribution in [0.1, 0.15) is 25.7 Å². The van der Waals surface area contributed by atoms with Gasteiger partial charge in [-0.1, -0.05) is 18.2 Å². The highest BCUT2D eigenvalue weighted by molar-refractivity contribution is 5.92. The average Bonchev–Trinajstić information content (AvgIpc) is 2.55. The number of nitrogens with zero attached hydrogens (tertiary/aromatic N) is 2. The van der Waals surface area contributed by atoms with Crippen molar-refractivity contribution < 1.29 is 15.0 Å². The van der Waals surface area contributed by atoms with Gasteiger partial charge in [-0.2, -0.15) is 0 Å². The highest BCUT2D eigenvalue weighted by Gasteiger charge is 2.19. The quantitative estimate of drug-likeness (QED) is 0.803. The molecule has 1 saturated heterocycles. The third kappa shape index (κ3) is 5.40. The second-order valence-electron chi connectivity index (χ2n) is 5.69. The molecular formula is C17H28N2O3. The number of rotatable bonds is 6. The van der Waals surface area contributed by atoms with Gasteiger partial charge in [0.15, 0.2) is 0 Å². The van der Waals surface area contributed by atoms with Crippen molar-refractivity contribution in [2.45, 2.75) is 31.8 Å².